The Morgan fingerprint density at radius 1 is 1.07 bits per heavy atom. The molecular weight excluding hydrogens is 348 g/mol. The van der Waals surface area contributed by atoms with Gasteiger partial charge < -0.3 is 14.6 Å². The number of hydrogen-bond acceptors (Lipinski definition) is 5. The van der Waals surface area contributed by atoms with Gasteiger partial charge in [-0.05, 0) is 18.1 Å². The van der Waals surface area contributed by atoms with E-state index in [0.717, 1.165) is 18.9 Å². The largest absolute Gasteiger partial charge is 0.481 e. The quantitative estimate of drug-likeness (QED) is 0.290. The van der Waals surface area contributed by atoms with E-state index in [0.29, 0.717) is 6.61 Å². The second-order valence-electron chi connectivity index (χ2n) is 5.27. The van der Waals surface area contributed by atoms with Gasteiger partial charge in [-0.25, -0.2) is 9.59 Å². The van der Waals surface area contributed by atoms with E-state index in [1.165, 1.54) is 11.6 Å². The number of esters is 2. The summed E-state index contributed by atoms with van der Waals surface area (Å²) < 4.78 is 9.45. The van der Waals surface area contributed by atoms with Gasteiger partial charge in [0.05, 0.1) is 18.6 Å². The van der Waals surface area contributed by atoms with E-state index in [2.05, 4.69) is 17.9 Å². The molecule has 146 valence electrons. The first-order valence-electron chi connectivity index (χ1n) is 8.50. The monoisotopic (exact) mass is 374 g/mol. The molecule has 6 heteroatoms. The topological polar surface area (TPSA) is 89.9 Å². The van der Waals surface area contributed by atoms with Gasteiger partial charge in [0.2, 0.25) is 0 Å². The normalized spacial score (nSPS) is 9.67. The molecule has 0 aliphatic carbocycles. The standard InChI is InChI=1S/C13H18O6.C8H8/c1-3-4-8-18-12(16)6-5-10(2)13(17)19-9-7-11(14)15;1-2-8-6-4-3-5-7-8/h5-6H,2-4,7-9H2,1H3,(H,14,15);2-7H,1H2. The maximum atomic E-state index is 11.3. The maximum Gasteiger partial charge on any atom is 0.337 e. The van der Waals surface area contributed by atoms with Crippen LogP contribution in [0.1, 0.15) is 31.7 Å². The third-order valence-electron chi connectivity index (χ3n) is 3.01. The molecule has 1 aromatic carbocycles. The third kappa shape index (κ3) is 13.8. The number of aliphatic carboxylic acids is 1. The fourth-order valence-electron chi connectivity index (χ4n) is 1.51. The zero-order valence-corrected chi connectivity index (χ0v) is 15.6. The number of ether oxygens (including phenoxy) is 2. The van der Waals surface area contributed by atoms with Gasteiger partial charge in [-0.2, -0.15) is 0 Å². The van der Waals surface area contributed by atoms with Crippen molar-refractivity contribution < 1.29 is 29.0 Å². The van der Waals surface area contributed by atoms with Crippen LogP contribution in [0.3, 0.4) is 0 Å². The van der Waals surface area contributed by atoms with Crippen molar-refractivity contribution in [3.63, 3.8) is 0 Å². The number of unbranched alkanes of at least 4 members (excludes halogenated alkanes) is 1. The molecule has 0 bridgehead atoms. The van der Waals surface area contributed by atoms with Crippen LogP contribution in [0.4, 0.5) is 0 Å². The van der Waals surface area contributed by atoms with Crippen molar-refractivity contribution in [2.45, 2.75) is 26.2 Å². The number of hydrogen-bond donors (Lipinski definition) is 1. The molecule has 0 aromatic heterocycles. The maximum absolute atomic E-state index is 11.3. The highest BCUT2D eigenvalue weighted by molar-refractivity contribution is 5.93. The second kappa shape index (κ2) is 15.1. The van der Waals surface area contributed by atoms with E-state index < -0.39 is 17.9 Å². The summed E-state index contributed by atoms with van der Waals surface area (Å²) >= 11 is 0. The fraction of sp³-hybridized carbons (Fsp3) is 0.286. The summed E-state index contributed by atoms with van der Waals surface area (Å²) in [5.74, 6) is -2.39. The highest BCUT2D eigenvalue weighted by atomic mass is 16.5. The first-order valence-corrected chi connectivity index (χ1v) is 8.50. The lowest BCUT2D eigenvalue weighted by Gasteiger charge is -2.02. The minimum Gasteiger partial charge on any atom is -0.481 e. The van der Waals surface area contributed by atoms with Crippen molar-refractivity contribution in [2.75, 3.05) is 13.2 Å². The first kappa shape index (κ1) is 23.9. The molecule has 1 rings (SSSR count). The van der Waals surface area contributed by atoms with E-state index in [1.807, 2.05) is 43.3 Å². The number of benzene rings is 1. The lowest BCUT2D eigenvalue weighted by Crippen LogP contribution is -2.10. The number of carbonyl (C=O) groups is 3. The van der Waals surface area contributed by atoms with E-state index in [9.17, 15) is 14.4 Å². The van der Waals surface area contributed by atoms with Crippen LogP contribution in [0.5, 0.6) is 0 Å². The van der Waals surface area contributed by atoms with Gasteiger partial charge in [0.25, 0.3) is 0 Å². The molecule has 0 aliphatic rings. The number of carboxylic acid groups (broad SMARTS) is 1. The molecule has 6 nitrogen and oxygen atoms in total. The Kier molecular flexibility index (Phi) is 13.4. The summed E-state index contributed by atoms with van der Waals surface area (Å²) in [7, 11) is 0. The van der Waals surface area contributed by atoms with Crippen LogP contribution >= 0.6 is 0 Å². The molecule has 27 heavy (non-hydrogen) atoms. The van der Waals surface area contributed by atoms with Crippen molar-refractivity contribution in [2.24, 2.45) is 0 Å². The van der Waals surface area contributed by atoms with E-state index >= 15 is 0 Å². The van der Waals surface area contributed by atoms with Crippen molar-refractivity contribution >= 4 is 24.0 Å². The lowest BCUT2D eigenvalue weighted by molar-refractivity contribution is -0.143. The van der Waals surface area contributed by atoms with Crippen molar-refractivity contribution in [3.8, 4) is 0 Å². The highest BCUT2D eigenvalue weighted by Crippen LogP contribution is 1.99. The number of rotatable bonds is 10. The molecule has 1 N–H and O–H groups in total. The summed E-state index contributed by atoms with van der Waals surface area (Å²) in [6.45, 7) is 9.10. The molecule has 0 aliphatic heterocycles. The molecule has 0 saturated heterocycles. The van der Waals surface area contributed by atoms with Crippen LogP contribution in [0.15, 0.2) is 61.2 Å². The molecular formula is C21H26O6. The van der Waals surface area contributed by atoms with Crippen LogP contribution in [-0.4, -0.2) is 36.2 Å². The van der Waals surface area contributed by atoms with Crippen molar-refractivity contribution in [1.29, 1.82) is 0 Å². The first-order chi connectivity index (χ1) is 12.9. The predicted octanol–water partition coefficient (Wildman–Crippen LogP) is 3.79. The van der Waals surface area contributed by atoms with E-state index in [-0.39, 0.29) is 18.6 Å². The fourth-order valence-corrected chi connectivity index (χ4v) is 1.51. The molecule has 0 fully saturated rings. The van der Waals surface area contributed by atoms with Gasteiger partial charge in [0, 0.05) is 6.08 Å². The van der Waals surface area contributed by atoms with E-state index in [4.69, 9.17) is 9.84 Å². The molecule has 0 amide bonds. The highest BCUT2D eigenvalue weighted by Gasteiger charge is 2.07. The predicted molar refractivity (Wildman–Crippen MR) is 104 cm³/mol. The summed E-state index contributed by atoms with van der Waals surface area (Å²) in [5, 5.41) is 8.35. The lowest BCUT2D eigenvalue weighted by atomic mass is 10.2. The van der Waals surface area contributed by atoms with Crippen LogP contribution in [0.2, 0.25) is 0 Å². The summed E-state index contributed by atoms with van der Waals surface area (Å²) in [6.07, 6.45) is 5.51. The number of carbonyl (C=O) groups excluding carboxylic acids is 2. The Bertz CT molecular complexity index is 646. The van der Waals surface area contributed by atoms with E-state index in [1.54, 1.807) is 0 Å². The summed E-state index contributed by atoms with van der Waals surface area (Å²) in [6, 6.07) is 10.0. The summed E-state index contributed by atoms with van der Waals surface area (Å²) in [4.78, 5) is 32.6. The average molecular weight is 374 g/mol. The van der Waals surface area contributed by atoms with Crippen LogP contribution in [0.25, 0.3) is 6.08 Å². The number of carboxylic acids is 1. The zero-order valence-electron chi connectivity index (χ0n) is 15.6. The van der Waals surface area contributed by atoms with Crippen LogP contribution in [0, 0.1) is 0 Å². The van der Waals surface area contributed by atoms with Gasteiger partial charge in [-0.15, -0.1) is 0 Å². The molecule has 0 unspecified atom stereocenters. The minimum atomic E-state index is -1.06. The SMILES string of the molecule is C=C(C=CC(=O)OCCCC)C(=O)OCCC(=O)O.C=Cc1ccccc1. The molecule has 0 saturated carbocycles. The van der Waals surface area contributed by atoms with Gasteiger partial charge in [-0.1, -0.05) is 62.9 Å². The summed E-state index contributed by atoms with van der Waals surface area (Å²) in [5.41, 5.74) is 1.13. The molecule has 0 atom stereocenters. The molecule has 1 aromatic rings. The minimum absolute atomic E-state index is 0.0437. The molecule has 0 radical (unpaired) electrons. The van der Waals surface area contributed by atoms with Crippen LogP contribution in [-0.2, 0) is 23.9 Å². The molecule has 0 spiro atoms. The van der Waals surface area contributed by atoms with Crippen molar-refractivity contribution in [1.82, 2.24) is 0 Å². The third-order valence-corrected chi connectivity index (χ3v) is 3.01. The Morgan fingerprint density at radius 3 is 2.26 bits per heavy atom. The van der Waals surface area contributed by atoms with Gasteiger partial charge in [-0.3, -0.25) is 4.79 Å². The van der Waals surface area contributed by atoms with Crippen molar-refractivity contribution in [3.05, 3.63) is 66.8 Å². The Balaban J connectivity index is 0.000000694. The van der Waals surface area contributed by atoms with Gasteiger partial charge >= 0.3 is 17.9 Å². The zero-order chi connectivity index (χ0) is 20.5. The smallest absolute Gasteiger partial charge is 0.337 e. The Hall–Kier alpha value is -3.15. The van der Waals surface area contributed by atoms with Crippen LogP contribution < -0.4 is 0 Å². The second-order valence-corrected chi connectivity index (χ2v) is 5.27. The average Bonchev–Trinajstić information content (AvgIpc) is 2.67. The molecule has 0 heterocycles. The van der Waals surface area contributed by atoms with Gasteiger partial charge in [0.15, 0.2) is 0 Å². The Morgan fingerprint density at radius 2 is 1.74 bits per heavy atom. The Labute approximate surface area is 159 Å². The van der Waals surface area contributed by atoms with Gasteiger partial charge in [0.1, 0.15) is 6.61 Å².